The highest BCUT2D eigenvalue weighted by atomic mass is 35.5. The predicted octanol–water partition coefficient (Wildman–Crippen LogP) is 7.49. The molecule has 196 valence electrons. The summed E-state index contributed by atoms with van der Waals surface area (Å²) in [5.41, 5.74) is 1.04. The van der Waals surface area contributed by atoms with Crippen LogP contribution in [0.25, 0.3) is 16.8 Å². The molecule has 5 rings (SSSR count). The molecule has 0 spiro atoms. The summed E-state index contributed by atoms with van der Waals surface area (Å²) in [4.78, 5) is 39.7. The van der Waals surface area contributed by atoms with Crippen LogP contribution in [0.3, 0.4) is 0 Å². The maximum absolute atomic E-state index is 14.2. The lowest BCUT2D eigenvalue weighted by molar-refractivity contribution is -0.123. The summed E-state index contributed by atoms with van der Waals surface area (Å²) >= 11 is 6.82. The Morgan fingerprint density at radius 3 is 2.56 bits per heavy atom. The molecule has 0 unspecified atom stereocenters. The molecule has 0 N–H and O–H groups in total. The zero-order chi connectivity index (χ0) is 27.5. The Hall–Kier alpha value is -4.14. The summed E-state index contributed by atoms with van der Waals surface area (Å²) < 4.78 is 25.6. The Morgan fingerprint density at radius 2 is 1.77 bits per heavy atom. The Labute approximate surface area is 233 Å². The standard InChI is InChI=1S/C30H21ClFNO5S/c1-2-37-26-15-18(13-14-25(26)38-29(35)21-10-5-8-19-7-3-4-9-20(19)21)16-27-28(34)33(30(36)39-27)17-22-23(31)11-6-12-24(22)32/h3-16H,2,17H2,1H3/b27-16-. The van der Waals surface area contributed by atoms with Gasteiger partial charge in [-0.1, -0.05) is 60.1 Å². The smallest absolute Gasteiger partial charge is 0.344 e. The van der Waals surface area contributed by atoms with E-state index in [9.17, 15) is 18.8 Å². The van der Waals surface area contributed by atoms with Crippen LogP contribution in [0.15, 0.2) is 83.8 Å². The SMILES string of the molecule is CCOc1cc(/C=C2\SC(=O)N(Cc3c(F)cccc3Cl)C2=O)ccc1OC(=O)c1cccc2ccccc12. The molecule has 1 aliphatic rings. The minimum atomic E-state index is -0.597. The summed E-state index contributed by atoms with van der Waals surface area (Å²) in [6.07, 6.45) is 1.53. The van der Waals surface area contributed by atoms with Gasteiger partial charge in [-0.05, 0) is 71.4 Å². The highest BCUT2D eigenvalue weighted by Gasteiger charge is 2.36. The largest absolute Gasteiger partial charge is 0.490 e. The molecule has 0 bridgehead atoms. The van der Waals surface area contributed by atoms with E-state index >= 15 is 0 Å². The second-order valence-corrected chi connectivity index (χ2v) is 9.92. The maximum Gasteiger partial charge on any atom is 0.344 e. The van der Waals surface area contributed by atoms with Crippen molar-refractivity contribution in [1.82, 2.24) is 4.90 Å². The molecule has 1 fully saturated rings. The number of nitrogens with zero attached hydrogens (tertiary/aromatic N) is 1. The number of esters is 1. The molecule has 4 aromatic rings. The minimum absolute atomic E-state index is 0.0683. The number of thioether (sulfide) groups is 1. The number of amides is 2. The van der Waals surface area contributed by atoms with E-state index in [1.165, 1.54) is 24.3 Å². The van der Waals surface area contributed by atoms with Crippen LogP contribution in [-0.4, -0.2) is 28.6 Å². The van der Waals surface area contributed by atoms with Crippen molar-refractivity contribution in [1.29, 1.82) is 0 Å². The predicted molar refractivity (Wildman–Crippen MR) is 149 cm³/mol. The van der Waals surface area contributed by atoms with Crippen LogP contribution in [-0.2, 0) is 11.3 Å². The third-order valence-electron chi connectivity index (χ3n) is 6.03. The molecule has 1 heterocycles. The van der Waals surface area contributed by atoms with Crippen molar-refractivity contribution in [3.63, 3.8) is 0 Å². The summed E-state index contributed by atoms with van der Waals surface area (Å²) in [6, 6.07) is 21.9. The van der Waals surface area contributed by atoms with Crippen LogP contribution in [0.5, 0.6) is 11.5 Å². The van der Waals surface area contributed by atoms with Crippen molar-refractivity contribution >= 4 is 57.3 Å². The molecule has 0 atom stereocenters. The van der Waals surface area contributed by atoms with Crippen molar-refractivity contribution < 1.29 is 28.2 Å². The van der Waals surface area contributed by atoms with Crippen LogP contribution in [0.2, 0.25) is 5.02 Å². The normalized spacial score (nSPS) is 14.3. The van der Waals surface area contributed by atoms with Crippen LogP contribution in [0.1, 0.15) is 28.4 Å². The Balaban J connectivity index is 1.38. The summed E-state index contributed by atoms with van der Waals surface area (Å²) in [5, 5.41) is 1.29. The van der Waals surface area contributed by atoms with Crippen molar-refractivity contribution in [3.8, 4) is 11.5 Å². The van der Waals surface area contributed by atoms with Gasteiger partial charge in [0.05, 0.1) is 23.6 Å². The quantitative estimate of drug-likeness (QED) is 0.132. The van der Waals surface area contributed by atoms with Crippen LogP contribution in [0, 0.1) is 5.82 Å². The molecular formula is C30H21ClFNO5S. The molecule has 39 heavy (non-hydrogen) atoms. The molecule has 0 saturated carbocycles. The number of benzene rings is 4. The van der Waals surface area contributed by atoms with Crippen molar-refractivity contribution in [3.05, 3.63) is 111 Å². The molecule has 4 aromatic carbocycles. The monoisotopic (exact) mass is 561 g/mol. The van der Waals surface area contributed by atoms with Gasteiger partial charge in [-0.15, -0.1) is 0 Å². The highest BCUT2D eigenvalue weighted by molar-refractivity contribution is 8.18. The van der Waals surface area contributed by atoms with E-state index < -0.39 is 22.9 Å². The molecule has 6 nitrogen and oxygen atoms in total. The number of carbonyl (C=O) groups excluding carboxylic acids is 3. The fourth-order valence-electron chi connectivity index (χ4n) is 4.15. The van der Waals surface area contributed by atoms with E-state index in [-0.39, 0.29) is 27.8 Å². The fraction of sp³-hybridized carbons (Fsp3) is 0.100. The minimum Gasteiger partial charge on any atom is -0.490 e. The second-order valence-electron chi connectivity index (χ2n) is 8.52. The summed E-state index contributed by atoms with van der Waals surface area (Å²) in [7, 11) is 0. The van der Waals surface area contributed by atoms with Crippen LogP contribution < -0.4 is 9.47 Å². The first-order valence-electron chi connectivity index (χ1n) is 12.0. The molecule has 1 aliphatic heterocycles. The Kier molecular flexibility index (Phi) is 7.67. The Bertz CT molecular complexity index is 1630. The lowest BCUT2D eigenvalue weighted by Gasteiger charge is -2.14. The van der Waals surface area contributed by atoms with Gasteiger partial charge in [0.2, 0.25) is 0 Å². The molecule has 1 saturated heterocycles. The van der Waals surface area contributed by atoms with Gasteiger partial charge in [-0.25, -0.2) is 9.18 Å². The van der Waals surface area contributed by atoms with Gasteiger partial charge >= 0.3 is 5.97 Å². The zero-order valence-electron chi connectivity index (χ0n) is 20.6. The maximum atomic E-state index is 14.2. The van der Waals surface area contributed by atoms with Gasteiger partial charge in [0, 0.05) is 10.6 Å². The van der Waals surface area contributed by atoms with E-state index in [4.69, 9.17) is 21.1 Å². The first kappa shape index (κ1) is 26.5. The first-order chi connectivity index (χ1) is 18.9. The van der Waals surface area contributed by atoms with Gasteiger partial charge in [0.1, 0.15) is 5.82 Å². The van der Waals surface area contributed by atoms with Gasteiger partial charge in [-0.3, -0.25) is 14.5 Å². The lowest BCUT2D eigenvalue weighted by atomic mass is 10.0. The van der Waals surface area contributed by atoms with Gasteiger partial charge in [0.25, 0.3) is 11.1 Å². The Morgan fingerprint density at radius 1 is 1.00 bits per heavy atom. The van der Waals surface area contributed by atoms with E-state index in [1.807, 2.05) is 30.3 Å². The molecule has 0 aliphatic carbocycles. The van der Waals surface area contributed by atoms with Gasteiger partial charge < -0.3 is 9.47 Å². The van der Waals surface area contributed by atoms with Crippen molar-refractivity contribution in [2.45, 2.75) is 13.5 Å². The number of hydrogen-bond donors (Lipinski definition) is 0. The van der Waals surface area contributed by atoms with Crippen molar-refractivity contribution in [2.24, 2.45) is 0 Å². The number of carbonyl (C=O) groups is 3. The second kappa shape index (κ2) is 11.3. The summed E-state index contributed by atoms with van der Waals surface area (Å²) in [6.45, 7) is 1.82. The third-order valence-corrected chi connectivity index (χ3v) is 7.29. The third kappa shape index (κ3) is 5.53. The number of fused-ring (bicyclic) bond motifs is 1. The van der Waals surface area contributed by atoms with Crippen molar-refractivity contribution in [2.75, 3.05) is 6.61 Å². The number of hydrogen-bond acceptors (Lipinski definition) is 6. The fourth-order valence-corrected chi connectivity index (χ4v) is 5.22. The molecule has 0 radical (unpaired) electrons. The average molecular weight is 562 g/mol. The number of imide groups is 1. The number of ether oxygens (including phenoxy) is 2. The number of halogens is 2. The molecular weight excluding hydrogens is 541 g/mol. The zero-order valence-corrected chi connectivity index (χ0v) is 22.2. The lowest BCUT2D eigenvalue weighted by Crippen LogP contribution is -2.28. The first-order valence-corrected chi connectivity index (χ1v) is 13.2. The van der Waals surface area contributed by atoms with E-state index in [0.717, 1.165) is 27.4 Å². The summed E-state index contributed by atoms with van der Waals surface area (Å²) in [5.74, 6) is -1.17. The molecule has 9 heteroatoms. The van der Waals surface area contributed by atoms with Gasteiger partial charge in [0.15, 0.2) is 11.5 Å². The average Bonchev–Trinajstić information content (AvgIpc) is 3.19. The van der Waals surface area contributed by atoms with E-state index in [0.29, 0.717) is 23.5 Å². The van der Waals surface area contributed by atoms with Crippen LogP contribution >= 0.6 is 23.4 Å². The van der Waals surface area contributed by atoms with E-state index in [2.05, 4.69) is 0 Å². The van der Waals surface area contributed by atoms with Crippen LogP contribution in [0.4, 0.5) is 9.18 Å². The van der Waals surface area contributed by atoms with Gasteiger partial charge in [-0.2, -0.15) is 0 Å². The molecule has 2 amide bonds. The van der Waals surface area contributed by atoms with E-state index in [1.54, 1.807) is 37.3 Å². The highest BCUT2D eigenvalue weighted by Crippen LogP contribution is 2.36. The molecule has 0 aromatic heterocycles. The topological polar surface area (TPSA) is 72.9 Å². The number of rotatable bonds is 7.